The molecule has 0 atom stereocenters. The van der Waals surface area contributed by atoms with E-state index in [0.29, 0.717) is 5.82 Å². The van der Waals surface area contributed by atoms with Crippen molar-refractivity contribution in [2.45, 2.75) is 5.97 Å². The largest absolute Gasteiger partial charge is 0.504 e. The van der Waals surface area contributed by atoms with Gasteiger partial charge in [0.05, 0.1) is 5.57 Å². The van der Waals surface area contributed by atoms with Crippen LogP contribution >= 0.6 is 15.9 Å². The molecule has 0 fully saturated rings. The van der Waals surface area contributed by atoms with Crippen molar-refractivity contribution in [1.82, 2.24) is 4.98 Å². The van der Waals surface area contributed by atoms with E-state index in [1.807, 2.05) is 0 Å². The standard InChI is InChI=1S/C11H11BrN2O5/c12-6-1-2-9(13-3-6)14-4-7-8(15)5-19-11(17,18)10(7)16/h1-3,5,15-18H,4H2,(H,13,14). The van der Waals surface area contributed by atoms with Gasteiger partial charge in [-0.2, -0.15) is 0 Å². The minimum Gasteiger partial charge on any atom is -0.504 e. The highest BCUT2D eigenvalue weighted by Crippen LogP contribution is 2.26. The van der Waals surface area contributed by atoms with E-state index in [-0.39, 0.29) is 12.1 Å². The van der Waals surface area contributed by atoms with E-state index in [9.17, 15) is 20.4 Å². The van der Waals surface area contributed by atoms with Crippen molar-refractivity contribution in [1.29, 1.82) is 0 Å². The lowest BCUT2D eigenvalue weighted by molar-refractivity contribution is -0.305. The summed E-state index contributed by atoms with van der Waals surface area (Å²) in [5, 5.41) is 40.5. The Bertz CT molecular complexity index is 539. The number of anilines is 1. The van der Waals surface area contributed by atoms with E-state index in [4.69, 9.17) is 0 Å². The topological polar surface area (TPSA) is 115 Å². The van der Waals surface area contributed by atoms with Gasteiger partial charge in [0.25, 0.3) is 0 Å². The Morgan fingerprint density at radius 3 is 2.68 bits per heavy atom. The Kier molecular flexibility index (Phi) is 3.65. The summed E-state index contributed by atoms with van der Waals surface area (Å²) in [6.07, 6.45) is 2.31. The minimum absolute atomic E-state index is 0.0605. The maximum Gasteiger partial charge on any atom is 0.384 e. The molecule has 0 saturated carbocycles. The van der Waals surface area contributed by atoms with Gasteiger partial charge in [-0.15, -0.1) is 0 Å². The highest BCUT2D eigenvalue weighted by Gasteiger charge is 2.38. The number of rotatable bonds is 3. The molecule has 0 aliphatic carbocycles. The molecular weight excluding hydrogens is 320 g/mol. The summed E-state index contributed by atoms with van der Waals surface area (Å²) < 4.78 is 5.13. The van der Waals surface area contributed by atoms with E-state index in [1.54, 1.807) is 18.3 Å². The molecule has 0 spiro atoms. The maximum atomic E-state index is 9.58. The maximum absolute atomic E-state index is 9.58. The molecule has 19 heavy (non-hydrogen) atoms. The fourth-order valence-electron chi connectivity index (χ4n) is 1.42. The lowest BCUT2D eigenvalue weighted by Gasteiger charge is -2.26. The van der Waals surface area contributed by atoms with Gasteiger partial charge in [0.2, 0.25) is 5.76 Å². The molecule has 2 rings (SSSR count). The van der Waals surface area contributed by atoms with Gasteiger partial charge in [-0.1, -0.05) is 0 Å². The van der Waals surface area contributed by atoms with E-state index in [1.165, 1.54) is 0 Å². The quantitative estimate of drug-likeness (QED) is 0.528. The first-order chi connectivity index (χ1) is 8.90. The molecule has 1 aromatic rings. The highest BCUT2D eigenvalue weighted by atomic mass is 79.9. The normalized spacial score (nSPS) is 17.7. The van der Waals surface area contributed by atoms with E-state index < -0.39 is 17.5 Å². The van der Waals surface area contributed by atoms with Gasteiger partial charge in [0.15, 0.2) is 5.76 Å². The molecule has 1 aliphatic rings. The molecule has 7 nitrogen and oxygen atoms in total. The zero-order valence-electron chi connectivity index (χ0n) is 9.54. The molecule has 0 saturated heterocycles. The first-order valence-corrected chi connectivity index (χ1v) is 5.99. The molecule has 0 radical (unpaired) electrons. The first kappa shape index (κ1) is 13.7. The van der Waals surface area contributed by atoms with Crippen LogP contribution in [0, 0.1) is 0 Å². The average molecular weight is 331 g/mol. The number of aliphatic hydroxyl groups is 4. The summed E-state index contributed by atoms with van der Waals surface area (Å²) >= 11 is 3.24. The van der Waals surface area contributed by atoms with Crippen molar-refractivity contribution >= 4 is 21.7 Å². The predicted molar refractivity (Wildman–Crippen MR) is 69.0 cm³/mol. The fourth-order valence-corrected chi connectivity index (χ4v) is 1.65. The van der Waals surface area contributed by atoms with Gasteiger partial charge in [0.1, 0.15) is 12.1 Å². The van der Waals surface area contributed by atoms with Gasteiger partial charge in [0, 0.05) is 17.2 Å². The average Bonchev–Trinajstić information content (AvgIpc) is 2.37. The third-order valence-electron chi connectivity index (χ3n) is 2.41. The van der Waals surface area contributed by atoms with Crippen molar-refractivity contribution in [3.63, 3.8) is 0 Å². The molecule has 102 valence electrons. The molecule has 1 aromatic heterocycles. The second-order valence-corrected chi connectivity index (χ2v) is 4.69. The van der Waals surface area contributed by atoms with Crippen LogP contribution in [0.4, 0.5) is 5.82 Å². The lowest BCUT2D eigenvalue weighted by atomic mass is 10.1. The summed E-state index contributed by atoms with van der Waals surface area (Å²) in [5.41, 5.74) is -0.0963. The molecule has 8 heteroatoms. The van der Waals surface area contributed by atoms with Crippen LogP contribution in [0.1, 0.15) is 0 Å². The number of hydrogen-bond donors (Lipinski definition) is 5. The number of pyridine rings is 1. The molecule has 0 aromatic carbocycles. The number of aliphatic hydroxyl groups excluding tert-OH is 2. The van der Waals surface area contributed by atoms with Crippen LogP contribution in [0.25, 0.3) is 0 Å². The van der Waals surface area contributed by atoms with E-state index in [2.05, 4.69) is 31.0 Å². The molecule has 0 unspecified atom stereocenters. The number of ether oxygens (including phenoxy) is 1. The number of aromatic nitrogens is 1. The third kappa shape index (κ3) is 2.98. The summed E-state index contributed by atoms with van der Waals surface area (Å²) in [7, 11) is 0. The predicted octanol–water partition coefficient (Wildman–Crippen LogP) is 1.14. The van der Waals surface area contributed by atoms with E-state index in [0.717, 1.165) is 10.7 Å². The van der Waals surface area contributed by atoms with Gasteiger partial charge in [-0.25, -0.2) is 4.98 Å². The SMILES string of the molecule is OC1=COC(O)(O)C(O)=C1CNc1ccc(Br)cn1. The van der Waals surface area contributed by atoms with Crippen molar-refractivity contribution in [3.05, 3.63) is 46.2 Å². The summed E-state index contributed by atoms with van der Waals surface area (Å²) in [6, 6.07) is 3.43. The molecule has 1 aliphatic heterocycles. The molecule has 5 N–H and O–H groups in total. The Hall–Kier alpha value is -1.77. The zero-order valence-corrected chi connectivity index (χ0v) is 11.1. The fraction of sp³-hybridized carbons (Fsp3) is 0.182. The second-order valence-electron chi connectivity index (χ2n) is 3.77. The van der Waals surface area contributed by atoms with Crippen molar-refractivity contribution in [2.75, 3.05) is 11.9 Å². The summed E-state index contributed by atoms with van der Waals surface area (Å²) in [4.78, 5) is 4.03. The molecule has 2 heterocycles. The van der Waals surface area contributed by atoms with Crippen LogP contribution in [0.2, 0.25) is 0 Å². The number of hydrogen-bond acceptors (Lipinski definition) is 7. The Labute approximate surface area is 116 Å². The van der Waals surface area contributed by atoms with Crippen molar-refractivity contribution < 1.29 is 25.2 Å². The van der Waals surface area contributed by atoms with Gasteiger partial charge >= 0.3 is 5.97 Å². The van der Waals surface area contributed by atoms with Gasteiger partial charge < -0.3 is 30.5 Å². The molecule has 0 bridgehead atoms. The van der Waals surface area contributed by atoms with Crippen LogP contribution in [0.5, 0.6) is 0 Å². The number of halogens is 1. The number of nitrogens with zero attached hydrogens (tertiary/aromatic N) is 1. The Morgan fingerprint density at radius 1 is 1.32 bits per heavy atom. The van der Waals surface area contributed by atoms with Gasteiger partial charge in [-0.3, -0.25) is 0 Å². The smallest absolute Gasteiger partial charge is 0.384 e. The third-order valence-corrected chi connectivity index (χ3v) is 2.88. The van der Waals surface area contributed by atoms with Crippen LogP contribution in [0.3, 0.4) is 0 Å². The minimum atomic E-state index is -2.84. The van der Waals surface area contributed by atoms with Crippen molar-refractivity contribution in [3.8, 4) is 0 Å². The Morgan fingerprint density at radius 2 is 2.05 bits per heavy atom. The molecule has 0 amide bonds. The highest BCUT2D eigenvalue weighted by molar-refractivity contribution is 9.10. The summed E-state index contributed by atoms with van der Waals surface area (Å²) in [5.74, 6) is -3.63. The van der Waals surface area contributed by atoms with Crippen LogP contribution < -0.4 is 5.32 Å². The van der Waals surface area contributed by atoms with Crippen LogP contribution in [-0.4, -0.2) is 37.9 Å². The summed E-state index contributed by atoms with van der Waals surface area (Å²) in [6.45, 7) is -0.0605. The molecular formula is C11H11BrN2O5. The second kappa shape index (κ2) is 5.08. The van der Waals surface area contributed by atoms with Crippen LogP contribution in [-0.2, 0) is 4.74 Å². The van der Waals surface area contributed by atoms with Crippen molar-refractivity contribution in [2.24, 2.45) is 0 Å². The zero-order chi connectivity index (χ0) is 14.0. The lowest BCUT2D eigenvalue weighted by Crippen LogP contribution is -2.37. The Balaban J connectivity index is 2.13. The van der Waals surface area contributed by atoms with Crippen LogP contribution in [0.15, 0.2) is 46.2 Å². The first-order valence-electron chi connectivity index (χ1n) is 5.20. The van der Waals surface area contributed by atoms with E-state index >= 15 is 0 Å². The number of nitrogens with one attached hydrogen (secondary N) is 1. The monoisotopic (exact) mass is 330 g/mol. The van der Waals surface area contributed by atoms with Gasteiger partial charge in [-0.05, 0) is 28.1 Å².